The highest BCUT2D eigenvalue weighted by atomic mass is 32.2. The molecule has 1 amide bonds. The minimum absolute atomic E-state index is 0.0117. The Balaban J connectivity index is 1.68. The van der Waals surface area contributed by atoms with Crippen molar-refractivity contribution in [3.05, 3.63) is 72.3 Å². The quantitative estimate of drug-likeness (QED) is 0.507. The molecule has 0 aliphatic carbocycles. The summed E-state index contributed by atoms with van der Waals surface area (Å²) in [6, 6.07) is 18.0. The highest BCUT2D eigenvalue weighted by Gasteiger charge is 2.17. The molecule has 3 aromatic carbocycles. The van der Waals surface area contributed by atoms with Gasteiger partial charge in [0.05, 0.1) is 24.8 Å². The first-order valence-electron chi connectivity index (χ1n) is 9.65. The highest BCUT2D eigenvalue weighted by molar-refractivity contribution is 7.92. The van der Waals surface area contributed by atoms with Gasteiger partial charge in [0.1, 0.15) is 5.75 Å². The van der Waals surface area contributed by atoms with E-state index >= 15 is 0 Å². The van der Waals surface area contributed by atoms with Gasteiger partial charge in [-0.2, -0.15) is 0 Å². The summed E-state index contributed by atoms with van der Waals surface area (Å²) in [5.41, 5.74) is 1.63. The van der Waals surface area contributed by atoms with Crippen molar-refractivity contribution in [3.63, 3.8) is 0 Å². The average molecular weight is 457 g/mol. The zero-order valence-corrected chi connectivity index (χ0v) is 18.7. The lowest BCUT2D eigenvalue weighted by Gasteiger charge is -2.13. The van der Waals surface area contributed by atoms with Crippen LogP contribution in [0.3, 0.4) is 0 Å². The highest BCUT2D eigenvalue weighted by Crippen LogP contribution is 2.28. The fraction of sp³-hybridized carbons (Fsp3) is 0.174. The summed E-state index contributed by atoms with van der Waals surface area (Å²) in [7, 11) is -0.925. The van der Waals surface area contributed by atoms with Crippen LogP contribution in [-0.4, -0.2) is 35.2 Å². The van der Waals surface area contributed by atoms with Crippen LogP contribution in [0.1, 0.15) is 5.56 Å². The molecule has 0 aliphatic heterocycles. The van der Waals surface area contributed by atoms with E-state index in [1.807, 2.05) is 13.0 Å². The molecule has 0 unspecified atom stereocenters. The second-order valence-corrected chi connectivity index (χ2v) is 8.51. The van der Waals surface area contributed by atoms with Crippen molar-refractivity contribution in [2.24, 2.45) is 0 Å². The number of methoxy groups -OCH3 is 2. The zero-order valence-electron chi connectivity index (χ0n) is 17.9. The van der Waals surface area contributed by atoms with E-state index < -0.39 is 15.9 Å². The lowest BCUT2D eigenvalue weighted by Crippen LogP contribution is -2.21. The third-order valence-corrected chi connectivity index (χ3v) is 5.82. The van der Waals surface area contributed by atoms with Gasteiger partial charge in [-0.15, -0.1) is 0 Å². The van der Waals surface area contributed by atoms with Crippen molar-refractivity contribution in [2.45, 2.75) is 11.8 Å². The molecule has 168 valence electrons. The van der Waals surface area contributed by atoms with Gasteiger partial charge in [0, 0.05) is 5.69 Å². The molecule has 0 aliphatic rings. The molecular formula is C23H24N2O6S. The molecule has 0 aromatic heterocycles. The number of carbonyl (C=O) groups excluding carboxylic acids is 1. The Morgan fingerprint density at radius 3 is 2.38 bits per heavy atom. The van der Waals surface area contributed by atoms with Crippen LogP contribution < -0.4 is 24.2 Å². The van der Waals surface area contributed by atoms with E-state index in [-0.39, 0.29) is 11.5 Å². The number of hydrogen-bond donors (Lipinski definition) is 2. The first-order valence-corrected chi connectivity index (χ1v) is 11.1. The molecule has 9 heteroatoms. The van der Waals surface area contributed by atoms with E-state index in [1.165, 1.54) is 32.4 Å². The Morgan fingerprint density at radius 2 is 1.62 bits per heavy atom. The number of hydrogen-bond acceptors (Lipinski definition) is 6. The van der Waals surface area contributed by atoms with Gasteiger partial charge < -0.3 is 19.5 Å². The predicted molar refractivity (Wildman–Crippen MR) is 122 cm³/mol. The molecule has 0 spiro atoms. The van der Waals surface area contributed by atoms with Crippen molar-refractivity contribution >= 4 is 27.3 Å². The van der Waals surface area contributed by atoms with Crippen LogP contribution in [0, 0.1) is 6.92 Å². The summed E-state index contributed by atoms with van der Waals surface area (Å²) >= 11 is 0. The molecule has 2 N–H and O–H groups in total. The molecule has 0 saturated carbocycles. The summed E-state index contributed by atoms with van der Waals surface area (Å²) in [6.45, 7) is 1.65. The fourth-order valence-corrected chi connectivity index (χ4v) is 4.02. The number of amides is 1. The topological polar surface area (TPSA) is 103 Å². The third-order valence-electron chi connectivity index (χ3n) is 4.46. The normalized spacial score (nSPS) is 10.8. The standard InChI is InChI=1S/C23H24N2O6S/c1-16-11-12-21(22(13-16)30-3)31-15-23(26)24-17-7-6-8-18(14-17)32(27,28)25-19-9-4-5-10-20(19)29-2/h4-14,25H,15H2,1-3H3,(H,24,26). The van der Waals surface area contributed by atoms with E-state index in [0.717, 1.165) is 5.56 Å². The Kier molecular flexibility index (Phi) is 7.21. The van der Waals surface area contributed by atoms with Crippen molar-refractivity contribution in [2.75, 3.05) is 30.9 Å². The second-order valence-electron chi connectivity index (χ2n) is 6.82. The van der Waals surface area contributed by atoms with Gasteiger partial charge in [-0.3, -0.25) is 9.52 Å². The van der Waals surface area contributed by atoms with Crippen molar-refractivity contribution in [1.82, 2.24) is 0 Å². The smallest absolute Gasteiger partial charge is 0.262 e. The van der Waals surface area contributed by atoms with E-state index in [2.05, 4.69) is 10.0 Å². The van der Waals surface area contributed by atoms with Crippen LogP contribution in [0.5, 0.6) is 17.2 Å². The molecule has 3 aromatic rings. The fourth-order valence-electron chi connectivity index (χ4n) is 2.91. The number of anilines is 2. The molecule has 0 atom stereocenters. The number of sulfonamides is 1. The number of aryl methyl sites for hydroxylation is 1. The molecule has 0 bridgehead atoms. The third kappa shape index (κ3) is 5.70. The predicted octanol–water partition coefficient (Wildman–Crippen LogP) is 3.83. The Labute approximate surface area is 187 Å². The molecule has 0 radical (unpaired) electrons. The van der Waals surface area contributed by atoms with Gasteiger partial charge in [0.25, 0.3) is 15.9 Å². The van der Waals surface area contributed by atoms with Gasteiger partial charge in [0.2, 0.25) is 0 Å². The Morgan fingerprint density at radius 1 is 0.875 bits per heavy atom. The average Bonchev–Trinajstić information content (AvgIpc) is 2.78. The van der Waals surface area contributed by atoms with Crippen molar-refractivity contribution < 1.29 is 27.4 Å². The van der Waals surface area contributed by atoms with E-state index in [9.17, 15) is 13.2 Å². The summed E-state index contributed by atoms with van der Waals surface area (Å²) < 4.78 is 44.1. The van der Waals surface area contributed by atoms with E-state index in [4.69, 9.17) is 14.2 Å². The number of para-hydroxylation sites is 2. The maximum absolute atomic E-state index is 12.8. The summed E-state index contributed by atoms with van der Waals surface area (Å²) in [5, 5.41) is 2.64. The van der Waals surface area contributed by atoms with Gasteiger partial charge in [-0.1, -0.05) is 24.3 Å². The van der Waals surface area contributed by atoms with Gasteiger partial charge in [-0.05, 0) is 55.0 Å². The van der Waals surface area contributed by atoms with Crippen LogP contribution in [0.25, 0.3) is 0 Å². The Hall–Kier alpha value is -3.72. The molecule has 0 fully saturated rings. The minimum atomic E-state index is -3.90. The number of ether oxygens (including phenoxy) is 3. The van der Waals surface area contributed by atoms with Crippen LogP contribution in [0.15, 0.2) is 71.6 Å². The maximum atomic E-state index is 12.8. The van der Waals surface area contributed by atoms with Crippen LogP contribution >= 0.6 is 0 Å². The summed E-state index contributed by atoms with van der Waals surface area (Å²) in [6.07, 6.45) is 0. The number of benzene rings is 3. The van der Waals surface area contributed by atoms with Crippen LogP contribution in [0.4, 0.5) is 11.4 Å². The SMILES string of the molecule is COc1ccccc1NS(=O)(=O)c1cccc(NC(=O)COc2ccc(C)cc2OC)c1. The van der Waals surface area contributed by atoms with Crippen LogP contribution in [0.2, 0.25) is 0 Å². The lowest BCUT2D eigenvalue weighted by molar-refractivity contribution is -0.118. The molecule has 0 saturated heterocycles. The van der Waals surface area contributed by atoms with Gasteiger partial charge in [0.15, 0.2) is 18.1 Å². The molecule has 8 nitrogen and oxygen atoms in total. The molecule has 3 rings (SSSR count). The first kappa shape index (κ1) is 23.0. The van der Waals surface area contributed by atoms with Crippen molar-refractivity contribution in [3.8, 4) is 17.2 Å². The first-order chi connectivity index (χ1) is 15.3. The molecule has 32 heavy (non-hydrogen) atoms. The largest absolute Gasteiger partial charge is 0.495 e. The van der Waals surface area contributed by atoms with E-state index in [1.54, 1.807) is 42.5 Å². The van der Waals surface area contributed by atoms with Crippen LogP contribution in [-0.2, 0) is 14.8 Å². The molecular weight excluding hydrogens is 432 g/mol. The van der Waals surface area contributed by atoms with Crippen molar-refractivity contribution in [1.29, 1.82) is 0 Å². The van der Waals surface area contributed by atoms with E-state index in [0.29, 0.717) is 28.6 Å². The number of carbonyl (C=O) groups is 1. The maximum Gasteiger partial charge on any atom is 0.262 e. The van der Waals surface area contributed by atoms with Gasteiger partial charge >= 0.3 is 0 Å². The summed E-state index contributed by atoms with van der Waals surface area (Å²) in [4.78, 5) is 12.3. The number of nitrogens with one attached hydrogen (secondary N) is 2. The minimum Gasteiger partial charge on any atom is -0.495 e. The summed E-state index contributed by atoms with van der Waals surface area (Å²) in [5.74, 6) is 0.906. The monoisotopic (exact) mass is 456 g/mol. The molecule has 0 heterocycles. The zero-order chi connectivity index (χ0) is 23.1. The lowest BCUT2D eigenvalue weighted by atomic mass is 10.2. The second kappa shape index (κ2) is 10.1. The van der Waals surface area contributed by atoms with Gasteiger partial charge in [-0.25, -0.2) is 8.42 Å². The Bertz CT molecular complexity index is 1210. The number of rotatable bonds is 9.